The van der Waals surface area contributed by atoms with Crippen molar-refractivity contribution >= 4 is 22.9 Å². The lowest BCUT2D eigenvalue weighted by molar-refractivity contribution is -0.111. The highest BCUT2D eigenvalue weighted by atomic mass is 19.1. The third kappa shape index (κ3) is 4.48. The van der Waals surface area contributed by atoms with Crippen LogP contribution in [0.2, 0.25) is 0 Å². The van der Waals surface area contributed by atoms with Gasteiger partial charge in [0, 0.05) is 11.8 Å². The summed E-state index contributed by atoms with van der Waals surface area (Å²) in [6.45, 7) is 3.43. The lowest BCUT2D eigenvalue weighted by Crippen LogP contribution is -2.06. The van der Waals surface area contributed by atoms with Crippen molar-refractivity contribution < 1.29 is 27.8 Å². The van der Waals surface area contributed by atoms with E-state index in [9.17, 15) is 13.6 Å². The molecular weight excluding hydrogens is 484 g/mol. The van der Waals surface area contributed by atoms with Crippen LogP contribution >= 0.6 is 0 Å². The van der Waals surface area contributed by atoms with Crippen LogP contribution in [0, 0.1) is 23.5 Å². The summed E-state index contributed by atoms with van der Waals surface area (Å²) in [6, 6.07) is 7.84. The SMILES string of the molecule is C=CC(=O)Nc1ccc(-c2c(C#Cc3c(F)c(OC)cc(OC)c3F)c3c(N)ncnn3c2OC)cc1. The minimum Gasteiger partial charge on any atom is -0.493 e. The van der Waals surface area contributed by atoms with Crippen LogP contribution in [0.5, 0.6) is 17.4 Å². The fraction of sp³-hybridized carbons (Fsp3) is 0.115. The third-order valence-corrected chi connectivity index (χ3v) is 5.42. The molecule has 0 fully saturated rings. The van der Waals surface area contributed by atoms with E-state index < -0.39 is 17.2 Å². The molecule has 4 aromatic rings. The van der Waals surface area contributed by atoms with Crippen molar-refractivity contribution in [3.05, 3.63) is 72.1 Å². The van der Waals surface area contributed by atoms with Gasteiger partial charge in [-0.3, -0.25) is 4.79 Å². The fourth-order valence-electron chi connectivity index (χ4n) is 3.70. The molecule has 2 aromatic heterocycles. The number of ether oxygens (including phenoxy) is 3. The number of carbonyl (C=O) groups is 1. The van der Waals surface area contributed by atoms with Gasteiger partial charge in [0.2, 0.25) is 11.8 Å². The van der Waals surface area contributed by atoms with E-state index in [0.29, 0.717) is 16.8 Å². The molecule has 0 aliphatic heterocycles. The normalized spacial score (nSPS) is 10.4. The predicted molar refractivity (Wildman–Crippen MR) is 134 cm³/mol. The van der Waals surface area contributed by atoms with Gasteiger partial charge in [-0.2, -0.15) is 9.61 Å². The molecule has 2 aromatic carbocycles. The number of carbonyl (C=O) groups excluding carboxylic acids is 1. The standard InChI is InChI=1S/C26H21F2N5O4/c1-5-20(34)32-15-8-6-14(7-9-15)21-16(24-25(29)30-13-31-33(24)26(21)37-4)10-11-17-22(27)18(35-2)12-19(36-3)23(17)28/h5-9,12-13H,1H2,2-4H3,(H,32,34)(H2,29,30,31). The molecule has 0 saturated carbocycles. The van der Waals surface area contributed by atoms with Crippen molar-refractivity contribution in [1.82, 2.24) is 14.6 Å². The Morgan fingerprint density at radius 3 is 2.24 bits per heavy atom. The van der Waals surface area contributed by atoms with E-state index in [1.165, 1.54) is 32.2 Å². The van der Waals surface area contributed by atoms with E-state index in [0.717, 1.165) is 12.1 Å². The van der Waals surface area contributed by atoms with Gasteiger partial charge in [-0.05, 0) is 23.8 Å². The van der Waals surface area contributed by atoms with Crippen LogP contribution in [0.25, 0.3) is 16.6 Å². The van der Waals surface area contributed by atoms with Crippen LogP contribution in [0.15, 0.2) is 49.3 Å². The molecule has 4 rings (SSSR count). The number of amides is 1. The van der Waals surface area contributed by atoms with Gasteiger partial charge in [-0.1, -0.05) is 30.6 Å². The van der Waals surface area contributed by atoms with Gasteiger partial charge in [-0.25, -0.2) is 13.8 Å². The van der Waals surface area contributed by atoms with Gasteiger partial charge in [0.25, 0.3) is 0 Å². The Morgan fingerprint density at radius 2 is 1.68 bits per heavy atom. The average molecular weight is 505 g/mol. The maximum Gasteiger partial charge on any atom is 0.247 e. The molecule has 0 atom stereocenters. The van der Waals surface area contributed by atoms with E-state index in [4.69, 9.17) is 19.9 Å². The Hall–Kier alpha value is -5.11. The number of anilines is 2. The van der Waals surface area contributed by atoms with Crippen LogP contribution in [0.1, 0.15) is 11.1 Å². The van der Waals surface area contributed by atoms with Crippen LogP contribution in [-0.4, -0.2) is 41.8 Å². The molecule has 0 unspecified atom stereocenters. The number of hydrogen-bond donors (Lipinski definition) is 2. The van der Waals surface area contributed by atoms with E-state index in [-0.39, 0.29) is 40.2 Å². The summed E-state index contributed by atoms with van der Waals surface area (Å²) in [4.78, 5) is 15.7. The van der Waals surface area contributed by atoms with Gasteiger partial charge < -0.3 is 25.3 Å². The molecule has 11 heteroatoms. The minimum absolute atomic E-state index is 0.0721. The van der Waals surface area contributed by atoms with Crippen molar-refractivity contribution in [3.63, 3.8) is 0 Å². The van der Waals surface area contributed by atoms with Crippen LogP contribution in [0.3, 0.4) is 0 Å². The third-order valence-electron chi connectivity index (χ3n) is 5.42. The van der Waals surface area contributed by atoms with Crippen molar-refractivity contribution in [1.29, 1.82) is 0 Å². The Kier molecular flexibility index (Phi) is 6.92. The van der Waals surface area contributed by atoms with Crippen molar-refractivity contribution in [2.75, 3.05) is 32.4 Å². The fourth-order valence-corrected chi connectivity index (χ4v) is 3.70. The zero-order valence-corrected chi connectivity index (χ0v) is 20.1. The summed E-state index contributed by atoms with van der Waals surface area (Å²) in [6.07, 6.45) is 2.39. The summed E-state index contributed by atoms with van der Waals surface area (Å²) < 4.78 is 47.0. The maximum absolute atomic E-state index is 15.0. The number of nitrogen functional groups attached to an aromatic ring is 1. The van der Waals surface area contributed by atoms with E-state index >= 15 is 0 Å². The lowest BCUT2D eigenvalue weighted by Gasteiger charge is -2.09. The molecule has 1 amide bonds. The number of fused-ring (bicyclic) bond motifs is 1. The minimum atomic E-state index is -0.989. The smallest absolute Gasteiger partial charge is 0.247 e. The first-order valence-electron chi connectivity index (χ1n) is 10.7. The van der Waals surface area contributed by atoms with E-state index in [1.54, 1.807) is 24.3 Å². The first-order chi connectivity index (χ1) is 17.8. The number of rotatable bonds is 6. The molecule has 3 N–H and O–H groups in total. The molecule has 9 nitrogen and oxygen atoms in total. The number of hydrogen-bond acceptors (Lipinski definition) is 7. The zero-order chi connectivity index (χ0) is 26.7. The van der Waals surface area contributed by atoms with Gasteiger partial charge in [0.05, 0.1) is 32.5 Å². The van der Waals surface area contributed by atoms with Gasteiger partial charge in [0.1, 0.15) is 17.4 Å². The number of aromatic nitrogens is 3. The molecule has 188 valence electrons. The molecule has 2 heterocycles. The Morgan fingerprint density at radius 1 is 1.05 bits per heavy atom. The van der Waals surface area contributed by atoms with Crippen LogP contribution in [0.4, 0.5) is 20.3 Å². The van der Waals surface area contributed by atoms with Gasteiger partial charge >= 0.3 is 0 Å². The van der Waals surface area contributed by atoms with Crippen LogP contribution in [-0.2, 0) is 4.79 Å². The average Bonchev–Trinajstić information content (AvgIpc) is 3.23. The summed E-state index contributed by atoms with van der Waals surface area (Å²) in [5, 5.41) is 6.87. The van der Waals surface area contributed by atoms with Crippen molar-refractivity contribution in [3.8, 4) is 40.3 Å². The molecule has 0 bridgehead atoms. The molecule has 0 aliphatic carbocycles. The molecule has 0 saturated heterocycles. The molecule has 37 heavy (non-hydrogen) atoms. The number of nitrogens with one attached hydrogen (secondary N) is 1. The highest BCUT2D eigenvalue weighted by Gasteiger charge is 2.24. The van der Waals surface area contributed by atoms with Crippen LogP contribution < -0.4 is 25.3 Å². The van der Waals surface area contributed by atoms with Crippen molar-refractivity contribution in [2.24, 2.45) is 0 Å². The molecule has 0 aliphatic rings. The second kappa shape index (κ2) is 10.2. The lowest BCUT2D eigenvalue weighted by atomic mass is 10.0. The number of methoxy groups -OCH3 is 3. The highest BCUT2D eigenvalue weighted by molar-refractivity contribution is 5.99. The second-order valence-electron chi connectivity index (χ2n) is 7.47. The quantitative estimate of drug-likeness (QED) is 0.303. The van der Waals surface area contributed by atoms with Gasteiger partial charge in [0.15, 0.2) is 29.0 Å². The van der Waals surface area contributed by atoms with E-state index in [1.807, 2.05) is 0 Å². The summed E-state index contributed by atoms with van der Waals surface area (Å²) in [7, 11) is 3.93. The first kappa shape index (κ1) is 25.0. The largest absolute Gasteiger partial charge is 0.493 e. The number of halogens is 2. The Bertz CT molecular complexity index is 1560. The number of benzene rings is 2. The summed E-state index contributed by atoms with van der Waals surface area (Å²) >= 11 is 0. The monoisotopic (exact) mass is 505 g/mol. The summed E-state index contributed by atoms with van der Waals surface area (Å²) in [5.41, 5.74) is 7.70. The first-order valence-corrected chi connectivity index (χ1v) is 10.7. The topological polar surface area (TPSA) is 113 Å². The zero-order valence-electron chi connectivity index (χ0n) is 20.1. The Balaban J connectivity index is 1.98. The number of nitrogens with zero attached hydrogens (tertiary/aromatic N) is 3. The highest BCUT2D eigenvalue weighted by Crippen LogP contribution is 2.39. The predicted octanol–water partition coefficient (Wildman–Crippen LogP) is 3.81. The van der Waals surface area contributed by atoms with E-state index in [2.05, 4.69) is 33.8 Å². The van der Waals surface area contributed by atoms with Crippen molar-refractivity contribution in [2.45, 2.75) is 0 Å². The maximum atomic E-state index is 15.0. The van der Waals surface area contributed by atoms with Gasteiger partial charge in [-0.15, -0.1) is 0 Å². The molecule has 0 radical (unpaired) electrons. The molecular formula is C26H21F2N5O4. The molecule has 0 spiro atoms. The number of nitrogens with two attached hydrogens (primary N) is 1. The summed E-state index contributed by atoms with van der Waals surface area (Å²) in [5.74, 6) is 2.89. The second-order valence-corrected chi connectivity index (χ2v) is 7.47. The Labute approximate surface area is 210 Å².